The summed E-state index contributed by atoms with van der Waals surface area (Å²) in [5.41, 5.74) is 0.828. The zero-order valence-electron chi connectivity index (χ0n) is 11.3. The molecule has 1 aromatic rings. The molecule has 0 N–H and O–H groups in total. The average molecular weight is 285 g/mol. The van der Waals surface area contributed by atoms with Crippen molar-refractivity contribution in [1.29, 1.82) is 0 Å². The predicted octanol–water partition coefficient (Wildman–Crippen LogP) is 1.54. The summed E-state index contributed by atoms with van der Waals surface area (Å²) in [4.78, 5) is 0. The van der Waals surface area contributed by atoms with Gasteiger partial charge in [0, 0.05) is 26.7 Å². The third kappa shape index (κ3) is 5.12. The van der Waals surface area contributed by atoms with Crippen LogP contribution in [0.1, 0.15) is 5.56 Å². The number of likely N-dealkylation sites (N-methyl/N-ethyl adjacent to an activating group) is 1. The maximum Gasteiger partial charge on any atom is 0.236 e. The summed E-state index contributed by atoms with van der Waals surface area (Å²) in [6.45, 7) is 0.133. The van der Waals surface area contributed by atoms with Crippen LogP contribution >= 0.6 is 0 Å². The van der Waals surface area contributed by atoms with Gasteiger partial charge in [-0.25, -0.2) is 8.42 Å². The fourth-order valence-electron chi connectivity index (χ4n) is 1.39. The number of sulfonamides is 1. The third-order valence-corrected chi connectivity index (χ3v) is 4.10. The van der Waals surface area contributed by atoms with Crippen LogP contribution in [0.4, 0.5) is 0 Å². The van der Waals surface area contributed by atoms with E-state index in [9.17, 15) is 8.42 Å². The molecule has 0 saturated heterocycles. The van der Waals surface area contributed by atoms with Gasteiger partial charge in [-0.05, 0) is 11.6 Å². The normalized spacial score (nSPS) is 12.7. The van der Waals surface area contributed by atoms with Gasteiger partial charge in [-0.2, -0.15) is 4.31 Å². The minimum Gasteiger partial charge on any atom is -0.355 e. The van der Waals surface area contributed by atoms with Gasteiger partial charge in [0.1, 0.15) is 0 Å². The standard InChI is InChI=1S/C13H19NO4S/c1-14(11-13(17-2)18-3)19(15,16)10-9-12-7-5-4-6-8-12/h4-10,13H,11H2,1-3H3/b10-9+. The maximum atomic E-state index is 12.0. The minimum atomic E-state index is -3.48. The number of benzene rings is 1. The Morgan fingerprint density at radius 1 is 1.21 bits per heavy atom. The van der Waals surface area contributed by atoms with E-state index in [0.717, 1.165) is 5.56 Å². The summed E-state index contributed by atoms with van der Waals surface area (Å²) >= 11 is 0. The van der Waals surface area contributed by atoms with Crippen molar-refractivity contribution in [2.75, 3.05) is 27.8 Å². The van der Waals surface area contributed by atoms with E-state index < -0.39 is 16.3 Å². The van der Waals surface area contributed by atoms with Gasteiger partial charge in [-0.3, -0.25) is 0 Å². The van der Waals surface area contributed by atoms with Gasteiger partial charge >= 0.3 is 0 Å². The smallest absolute Gasteiger partial charge is 0.236 e. The molecule has 0 spiro atoms. The van der Waals surface area contributed by atoms with Crippen molar-refractivity contribution < 1.29 is 17.9 Å². The molecule has 0 heterocycles. The number of nitrogens with zero attached hydrogens (tertiary/aromatic N) is 1. The highest BCUT2D eigenvalue weighted by Crippen LogP contribution is 2.08. The summed E-state index contributed by atoms with van der Waals surface area (Å²) in [6, 6.07) is 9.24. The predicted molar refractivity (Wildman–Crippen MR) is 74.8 cm³/mol. The van der Waals surface area contributed by atoms with E-state index in [-0.39, 0.29) is 6.54 Å². The molecule has 5 nitrogen and oxygen atoms in total. The van der Waals surface area contributed by atoms with Crippen LogP contribution in [-0.4, -0.2) is 46.8 Å². The molecule has 0 aliphatic carbocycles. The number of hydrogen-bond acceptors (Lipinski definition) is 4. The van der Waals surface area contributed by atoms with Gasteiger partial charge in [0.25, 0.3) is 0 Å². The molecular weight excluding hydrogens is 266 g/mol. The minimum absolute atomic E-state index is 0.133. The largest absolute Gasteiger partial charge is 0.355 e. The van der Waals surface area contributed by atoms with Crippen LogP contribution in [0.2, 0.25) is 0 Å². The summed E-state index contributed by atoms with van der Waals surface area (Å²) in [6.07, 6.45) is 0.977. The Bertz CT molecular complexity index is 495. The first kappa shape index (κ1) is 15.8. The SMILES string of the molecule is COC(CN(C)S(=O)(=O)/C=C/c1ccccc1)OC. The van der Waals surface area contributed by atoms with Crippen molar-refractivity contribution in [2.24, 2.45) is 0 Å². The number of ether oxygens (including phenoxy) is 2. The van der Waals surface area contributed by atoms with Crippen molar-refractivity contribution in [3.63, 3.8) is 0 Å². The lowest BCUT2D eigenvalue weighted by Crippen LogP contribution is -2.34. The number of methoxy groups -OCH3 is 2. The van der Waals surface area contributed by atoms with Crippen molar-refractivity contribution in [2.45, 2.75) is 6.29 Å². The fraction of sp³-hybridized carbons (Fsp3) is 0.385. The molecular formula is C13H19NO4S. The first-order valence-corrected chi connectivity index (χ1v) is 7.25. The maximum absolute atomic E-state index is 12.0. The molecule has 6 heteroatoms. The molecule has 0 fully saturated rings. The highest BCUT2D eigenvalue weighted by atomic mass is 32.2. The van der Waals surface area contributed by atoms with Crippen molar-refractivity contribution in [1.82, 2.24) is 4.31 Å². The van der Waals surface area contributed by atoms with Crippen LogP contribution in [-0.2, 0) is 19.5 Å². The summed E-state index contributed by atoms with van der Waals surface area (Å²) < 4.78 is 35.1. The molecule has 106 valence electrons. The van der Waals surface area contributed by atoms with Crippen molar-refractivity contribution in [3.8, 4) is 0 Å². The Labute approximate surface area is 114 Å². The molecule has 0 bridgehead atoms. The van der Waals surface area contributed by atoms with E-state index in [0.29, 0.717) is 0 Å². The van der Waals surface area contributed by atoms with Gasteiger partial charge in [0.2, 0.25) is 10.0 Å². The zero-order valence-corrected chi connectivity index (χ0v) is 12.1. The van der Waals surface area contributed by atoms with Crippen LogP contribution in [0.25, 0.3) is 6.08 Å². The average Bonchev–Trinajstić information content (AvgIpc) is 2.43. The monoisotopic (exact) mass is 285 g/mol. The molecule has 19 heavy (non-hydrogen) atoms. The Morgan fingerprint density at radius 2 is 1.79 bits per heavy atom. The van der Waals surface area contributed by atoms with Gasteiger partial charge in [-0.1, -0.05) is 30.3 Å². The molecule has 1 rings (SSSR count). The fourth-order valence-corrected chi connectivity index (χ4v) is 2.26. The Balaban J connectivity index is 2.73. The van der Waals surface area contributed by atoms with E-state index in [1.807, 2.05) is 30.3 Å². The lowest BCUT2D eigenvalue weighted by atomic mass is 10.2. The quantitative estimate of drug-likeness (QED) is 0.713. The number of rotatable bonds is 7. The van der Waals surface area contributed by atoms with Crippen LogP contribution < -0.4 is 0 Å². The van der Waals surface area contributed by atoms with Crippen molar-refractivity contribution >= 4 is 16.1 Å². The first-order chi connectivity index (χ1) is 8.99. The Morgan fingerprint density at radius 3 is 2.32 bits per heavy atom. The van der Waals surface area contributed by atoms with Crippen LogP contribution in [0, 0.1) is 0 Å². The third-order valence-electron chi connectivity index (χ3n) is 2.60. The first-order valence-electron chi connectivity index (χ1n) is 5.74. The lowest BCUT2D eigenvalue weighted by Gasteiger charge is -2.20. The lowest BCUT2D eigenvalue weighted by molar-refractivity contribution is -0.106. The summed E-state index contributed by atoms with van der Waals surface area (Å²) in [5, 5.41) is 1.17. The number of hydrogen-bond donors (Lipinski definition) is 0. The van der Waals surface area contributed by atoms with Gasteiger partial charge in [0.05, 0.1) is 6.54 Å². The van der Waals surface area contributed by atoms with Gasteiger partial charge in [-0.15, -0.1) is 0 Å². The van der Waals surface area contributed by atoms with Crippen LogP contribution in [0.3, 0.4) is 0 Å². The molecule has 0 aliphatic rings. The zero-order chi connectivity index (χ0) is 14.3. The topological polar surface area (TPSA) is 55.8 Å². The second-order valence-electron chi connectivity index (χ2n) is 3.94. The molecule has 0 unspecified atom stereocenters. The molecule has 0 amide bonds. The molecule has 1 aromatic carbocycles. The molecule has 0 aromatic heterocycles. The van der Waals surface area contributed by atoms with E-state index in [2.05, 4.69) is 0 Å². The van der Waals surface area contributed by atoms with E-state index in [4.69, 9.17) is 9.47 Å². The second kappa shape index (κ2) is 7.40. The van der Waals surface area contributed by atoms with E-state index >= 15 is 0 Å². The van der Waals surface area contributed by atoms with Crippen molar-refractivity contribution in [3.05, 3.63) is 41.3 Å². The van der Waals surface area contributed by atoms with Gasteiger partial charge < -0.3 is 9.47 Å². The van der Waals surface area contributed by atoms with E-state index in [1.54, 1.807) is 6.08 Å². The van der Waals surface area contributed by atoms with E-state index in [1.165, 1.54) is 31.0 Å². The molecule has 0 aliphatic heterocycles. The Kier molecular flexibility index (Phi) is 6.17. The van der Waals surface area contributed by atoms with Gasteiger partial charge in [0.15, 0.2) is 6.29 Å². The summed E-state index contributed by atoms with van der Waals surface area (Å²) in [5.74, 6) is 0. The molecule has 0 radical (unpaired) electrons. The highest BCUT2D eigenvalue weighted by molar-refractivity contribution is 7.92. The summed E-state index contributed by atoms with van der Waals surface area (Å²) in [7, 11) is 0.934. The second-order valence-corrected chi connectivity index (χ2v) is 5.87. The van der Waals surface area contributed by atoms with Crippen LogP contribution in [0.5, 0.6) is 0 Å². The highest BCUT2D eigenvalue weighted by Gasteiger charge is 2.18. The van der Waals surface area contributed by atoms with Crippen LogP contribution in [0.15, 0.2) is 35.7 Å². The molecule has 0 atom stereocenters. The Hall–Kier alpha value is -1.21. The molecule has 0 saturated carbocycles.